The molecule has 0 aromatic carbocycles. The van der Waals surface area contributed by atoms with Crippen molar-refractivity contribution in [2.75, 3.05) is 18.1 Å². The lowest BCUT2D eigenvalue weighted by atomic mass is 10.0. The summed E-state index contributed by atoms with van der Waals surface area (Å²) in [5, 5.41) is 9.07. The topological polar surface area (TPSA) is 66.4 Å². The summed E-state index contributed by atoms with van der Waals surface area (Å²) in [4.78, 5) is 1.73. The third-order valence-corrected chi connectivity index (χ3v) is 7.03. The fourth-order valence-corrected chi connectivity index (χ4v) is 5.94. The van der Waals surface area contributed by atoms with Gasteiger partial charge in [0.15, 0.2) is 0 Å². The average molecular weight is 321 g/mol. The molecule has 1 aliphatic rings. The van der Waals surface area contributed by atoms with Gasteiger partial charge in [0.05, 0.1) is 11.5 Å². The van der Waals surface area contributed by atoms with Gasteiger partial charge in [0.25, 0.3) is 0 Å². The smallest absolute Gasteiger partial charge is 0.241 e. The Hall–Kier alpha value is -0.0800. The van der Waals surface area contributed by atoms with Crippen molar-refractivity contribution in [3.8, 4) is 0 Å². The van der Waals surface area contributed by atoms with E-state index < -0.39 is 10.0 Å². The Morgan fingerprint density at radius 2 is 2.11 bits per heavy atom. The van der Waals surface area contributed by atoms with Crippen LogP contribution in [-0.2, 0) is 16.6 Å². The van der Waals surface area contributed by atoms with Crippen molar-refractivity contribution < 1.29 is 13.5 Å². The van der Waals surface area contributed by atoms with Gasteiger partial charge in [0.2, 0.25) is 10.0 Å². The zero-order valence-electron chi connectivity index (χ0n) is 10.9. The van der Waals surface area contributed by atoms with Gasteiger partial charge in [0, 0.05) is 16.3 Å². The molecule has 1 aromatic heterocycles. The summed E-state index contributed by atoms with van der Waals surface area (Å²) in [6, 6.07) is 1.57. The first-order chi connectivity index (χ1) is 9.03. The van der Waals surface area contributed by atoms with Gasteiger partial charge in [-0.2, -0.15) is 11.8 Å². The summed E-state index contributed by atoms with van der Waals surface area (Å²) in [6.07, 6.45) is 2.16. The van der Waals surface area contributed by atoms with E-state index in [1.165, 1.54) is 11.3 Å². The Bertz CT molecular complexity index is 518. The number of aliphatic hydroxyl groups excluding tert-OH is 1. The Kier molecular flexibility index (Phi) is 5.30. The highest BCUT2D eigenvalue weighted by Gasteiger charge is 2.22. The normalized spacial score (nSPS) is 17.8. The molecule has 1 aromatic rings. The molecule has 0 radical (unpaired) electrons. The standard InChI is InChI=1S/C12H19NO3S3/c1-9-12(6-11(8-14)18-9)19(15,16)13-7-10-2-4-17-5-3-10/h6,10,13-14H,2-5,7-8H2,1H3. The van der Waals surface area contributed by atoms with E-state index in [4.69, 9.17) is 5.11 Å². The van der Waals surface area contributed by atoms with Crippen LogP contribution >= 0.6 is 23.1 Å². The van der Waals surface area contributed by atoms with Crippen molar-refractivity contribution in [3.63, 3.8) is 0 Å². The number of aliphatic hydroxyl groups is 1. The van der Waals surface area contributed by atoms with Crippen molar-refractivity contribution >= 4 is 33.1 Å². The highest BCUT2D eigenvalue weighted by atomic mass is 32.2. The van der Waals surface area contributed by atoms with E-state index in [1.54, 1.807) is 13.0 Å². The van der Waals surface area contributed by atoms with Crippen LogP contribution in [0.2, 0.25) is 0 Å². The minimum absolute atomic E-state index is 0.110. The molecular weight excluding hydrogens is 302 g/mol. The summed E-state index contributed by atoms with van der Waals surface area (Å²) in [7, 11) is -3.44. The van der Waals surface area contributed by atoms with Crippen molar-refractivity contribution in [2.45, 2.75) is 31.3 Å². The second kappa shape index (κ2) is 6.58. The lowest BCUT2D eigenvalue weighted by molar-refractivity contribution is 0.285. The lowest BCUT2D eigenvalue weighted by Crippen LogP contribution is -2.31. The summed E-state index contributed by atoms with van der Waals surface area (Å²) in [6.45, 7) is 2.18. The average Bonchev–Trinajstić information content (AvgIpc) is 2.80. The van der Waals surface area contributed by atoms with Crippen molar-refractivity contribution in [1.29, 1.82) is 0 Å². The number of aryl methyl sites for hydroxylation is 1. The highest BCUT2D eigenvalue weighted by Crippen LogP contribution is 2.26. The monoisotopic (exact) mass is 321 g/mol. The quantitative estimate of drug-likeness (QED) is 0.870. The number of hydrogen-bond donors (Lipinski definition) is 2. The molecule has 1 saturated heterocycles. The Morgan fingerprint density at radius 3 is 2.68 bits per heavy atom. The van der Waals surface area contributed by atoms with Crippen molar-refractivity contribution in [1.82, 2.24) is 4.72 Å². The van der Waals surface area contributed by atoms with E-state index in [0.717, 1.165) is 29.2 Å². The lowest BCUT2D eigenvalue weighted by Gasteiger charge is -2.21. The number of hydrogen-bond acceptors (Lipinski definition) is 5. The van der Waals surface area contributed by atoms with E-state index in [2.05, 4.69) is 4.72 Å². The van der Waals surface area contributed by atoms with Crippen LogP contribution in [0, 0.1) is 12.8 Å². The summed E-state index contributed by atoms with van der Waals surface area (Å²) >= 11 is 3.26. The Labute approximate surface area is 122 Å². The summed E-state index contributed by atoms with van der Waals surface area (Å²) in [5.74, 6) is 2.70. The third-order valence-electron chi connectivity index (χ3n) is 3.27. The van der Waals surface area contributed by atoms with Gasteiger partial charge < -0.3 is 5.11 Å². The van der Waals surface area contributed by atoms with Crippen LogP contribution in [0.4, 0.5) is 0 Å². The molecule has 1 fully saturated rings. The molecule has 0 aliphatic carbocycles. The van der Waals surface area contributed by atoms with Crippen LogP contribution in [0.25, 0.3) is 0 Å². The van der Waals surface area contributed by atoms with E-state index in [9.17, 15) is 8.42 Å². The van der Waals surface area contributed by atoms with Crippen molar-refractivity contribution in [3.05, 3.63) is 15.8 Å². The first kappa shape index (κ1) is 15.3. The molecule has 108 valence electrons. The fourth-order valence-electron chi connectivity index (χ4n) is 2.12. The minimum Gasteiger partial charge on any atom is -0.391 e. The first-order valence-corrected chi connectivity index (χ1v) is 9.76. The zero-order chi connectivity index (χ0) is 13.9. The maximum Gasteiger partial charge on any atom is 0.241 e. The van der Waals surface area contributed by atoms with Gasteiger partial charge in [-0.05, 0) is 43.3 Å². The SMILES string of the molecule is Cc1sc(CO)cc1S(=O)(=O)NCC1CCSCC1. The third kappa shape index (κ3) is 3.95. The fraction of sp³-hybridized carbons (Fsp3) is 0.667. The van der Waals surface area contributed by atoms with Gasteiger partial charge in [-0.15, -0.1) is 11.3 Å². The van der Waals surface area contributed by atoms with Gasteiger partial charge in [-0.25, -0.2) is 13.1 Å². The second-order valence-corrected chi connectivity index (χ2v) is 9.00. The van der Waals surface area contributed by atoms with Gasteiger partial charge >= 0.3 is 0 Å². The van der Waals surface area contributed by atoms with Crippen LogP contribution in [0.5, 0.6) is 0 Å². The minimum atomic E-state index is -3.44. The first-order valence-electron chi connectivity index (χ1n) is 6.30. The number of thiophene rings is 1. The van der Waals surface area contributed by atoms with E-state index in [-0.39, 0.29) is 6.61 Å². The maximum atomic E-state index is 12.2. The van der Waals surface area contributed by atoms with Crippen LogP contribution in [0.1, 0.15) is 22.6 Å². The van der Waals surface area contributed by atoms with E-state index >= 15 is 0 Å². The molecule has 0 saturated carbocycles. The van der Waals surface area contributed by atoms with Crippen LogP contribution in [0.15, 0.2) is 11.0 Å². The zero-order valence-corrected chi connectivity index (χ0v) is 13.3. The molecule has 0 bridgehead atoms. The molecule has 2 heterocycles. The predicted octanol–water partition coefficient (Wildman–Crippen LogP) is 1.97. The van der Waals surface area contributed by atoms with Gasteiger partial charge in [0.1, 0.15) is 0 Å². The number of nitrogens with one attached hydrogen (secondary N) is 1. The second-order valence-electron chi connectivity index (χ2n) is 4.70. The van der Waals surface area contributed by atoms with E-state index in [0.29, 0.717) is 22.2 Å². The molecule has 2 rings (SSSR count). The molecule has 1 aliphatic heterocycles. The molecule has 0 atom stereocenters. The predicted molar refractivity (Wildman–Crippen MR) is 80.2 cm³/mol. The van der Waals surface area contributed by atoms with Crippen LogP contribution in [0.3, 0.4) is 0 Å². The van der Waals surface area contributed by atoms with Gasteiger partial charge in [-0.1, -0.05) is 0 Å². The summed E-state index contributed by atoms with van der Waals surface area (Å²) < 4.78 is 27.2. The van der Waals surface area contributed by atoms with Crippen molar-refractivity contribution in [2.24, 2.45) is 5.92 Å². The molecule has 7 heteroatoms. The molecule has 4 nitrogen and oxygen atoms in total. The highest BCUT2D eigenvalue weighted by molar-refractivity contribution is 7.99. The Morgan fingerprint density at radius 1 is 1.42 bits per heavy atom. The maximum absolute atomic E-state index is 12.2. The molecule has 19 heavy (non-hydrogen) atoms. The number of sulfonamides is 1. The van der Waals surface area contributed by atoms with Crippen LogP contribution < -0.4 is 4.72 Å². The van der Waals surface area contributed by atoms with Gasteiger partial charge in [-0.3, -0.25) is 0 Å². The number of thioether (sulfide) groups is 1. The van der Waals surface area contributed by atoms with E-state index in [1.807, 2.05) is 11.8 Å². The molecule has 0 amide bonds. The molecule has 0 spiro atoms. The largest absolute Gasteiger partial charge is 0.391 e. The molecular formula is C12H19NO3S3. The molecule has 0 unspecified atom stereocenters. The van der Waals surface area contributed by atoms with Crippen LogP contribution in [-0.4, -0.2) is 31.6 Å². The Balaban J connectivity index is 2.02. The summed E-state index contributed by atoms with van der Waals surface area (Å²) in [5.41, 5.74) is 0. The number of rotatable bonds is 5. The molecule has 2 N–H and O–H groups in total.